The maximum Gasteiger partial charge on any atom is 0.170 e. The normalized spacial score (nSPS) is 10.4. The van der Waals surface area contributed by atoms with Gasteiger partial charge in [-0.2, -0.15) is 0 Å². The first-order valence-corrected chi connectivity index (χ1v) is 8.81. The summed E-state index contributed by atoms with van der Waals surface area (Å²) in [5.74, 6) is 0. The molecule has 0 aliphatic heterocycles. The molecule has 2 N–H and O–H groups in total. The van der Waals surface area contributed by atoms with Gasteiger partial charge in [0.25, 0.3) is 0 Å². The average Bonchev–Trinajstić information content (AvgIpc) is 2.48. The second kappa shape index (κ2) is 11.6. The van der Waals surface area contributed by atoms with Crippen molar-refractivity contribution in [3.63, 3.8) is 0 Å². The van der Waals surface area contributed by atoms with Crippen LogP contribution in [0.5, 0.6) is 0 Å². The van der Waals surface area contributed by atoms with Crippen molar-refractivity contribution in [2.75, 3.05) is 11.9 Å². The zero-order valence-corrected chi connectivity index (χ0v) is 14.4. The number of hydrogen-bond donors (Lipinski definition) is 2. The second-order valence-electron chi connectivity index (χ2n) is 5.55. The Bertz CT molecular complexity index is 387. The van der Waals surface area contributed by atoms with Gasteiger partial charge < -0.3 is 10.6 Å². The molecular formula is C18H30N2S. The highest BCUT2D eigenvalue weighted by molar-refractivity contribution is 7.80. The van der Waals surface area contributed by atoms with Gasteiger partial charge in [0.2, 0.25) is 0 Å². The van der Waals surface area contributed by atoms with Gasteiger partial charge in [0.1, 0.15) is 0 Å². The van der Waals surface area contributed by atoms with Crippen molar-refractivity contribution in [2.24, 2.45) is 0 Å². The third-order valence-corrected chi connectivity index (χ3v) is 3.86. The first-order valence-electron chi connectivity index (χ1n) is 8.40. The van der Waals surface area contributed by atoms with Crippen LogP contribution in [-0.2, 0) is 6.42 Å². The summed E-state index contributed by atoms with van der Waals surface area (Å²) >= 11 is 5.17. The summed E-state index contributed by atoms with van der Waals surface area (Å²) in [5.41, 5.74) is 2.48. The van der Waals surface area contributed by atoms with Crippen LogP contribution in [0.2, 0.25) is 0 Å². The van der Waals surface area contributed by atoms with Gasteiger partial charge in [-0.1, -0.05) is 57.6 Å². The van der Waals surface area contributed by atoms with Crippen molar-refractivity contribution in [3.05, 3.63) is 29.8 Å². The Morgan fingerprint density at radius 2 is 1.52 bits per heavy atom. The third kappa shape index (κ3) is 8.71. The molecule has 1 aromatic rings. The van der Waals surface area contributed by atoms with Crippen LogP contribution in [0, 0.1) is 0 Å². The smallest absolute Gasteiger partial charge is 0.170 e. The standard InChI is InChI=1S/C18H30N2S/c1-3-5-6-7-8-9-10-11-16-12-14-17(15-13-16)20-18(21)19-4-2/h12-15H,3-11H2,1-2H3,(H2,19,20,21). The van der Waals surface area contributed by atoms with Gasteiger partial charge in [-0.05, 0) is 49.7 Å². The van der Waals surface area contributed by atoms with Crippen molar-refractivity contribution in [1.29, 1.82) is 0 Å². The van der Waals surface area contributed by atoms with Crippen molar-refractivity contribution in [2.45, 2.75) is 65.2 Å². The minimum Gasteiger partial charge on any atom is -0.363 e. The Labute approximate surface area is 135 Å². The van der Waals surface area contributed by atoms with E-state index in [1.807, 2.05) is 6.92 Å². The molecule has 0 fully saturated rings. The lowest BCUT2D eigenvalue weighted by molar-refractivity contribution is 0.589. The average molecular weight is 307 g/mol. The second-order valence-corrected chi connectivity index (χ2v) is 5.96. The molecule has 0 spiro atoms. The maximum atomic E-state index is 5.17. The van der Waals surface area contributed by atoms with Crippen LogP contribution in [0.3, 0.4) is 0 Å². The SMILES string of the molecule is CCCCCCCCCc1ccc(NC(=S)NCC)cc1. The van der Waals surface area contributed by atoms with E-state index >= 15 is 0 Å². The maximum absolute atomic E-state index is 5.17. The minimum atomic E-state index is 0.692. The Morgan fingerprint density at radius 3 is 2.14 bits per heavy atom. The molecule has 118 valence electrons. The fraction of sp³-hybridized carbons (Fsp3) is 0.611. The van der Waals surface area contributed by atoms with E-state index in [1.54, 1.807) is 0 Å². The summed E-state index contributed by atoms with van der Waals surface area (Å²) in [6.45, 7) is 5.16. The number of nitrogens with one attached hydrogen (secondary N) is 2. The lowest BCUT2D eigenvalue weighted by Gasteiger charge is -2.09. The van der Waals surface area contributed by atoms with Crippen LogP contribution >= 0.6 is 12.2 Å². The van der Waals surface area contributed by atoms with E-state index in [-0.39, 0.29) is 0 Å². The molecule has 0 aliphatic rings. The van der Waals surface area contributed by atoms with Gasteiger partial charge >= 0.3 is 0 Å². The molecule has 0 aliphatic carbocycles. The molecule has 0 saturated carbocycles. The van der Waals surface area contributed by atoms with Crippen LogP contribution in [-0.4, -0.2) is 11.7 Å². The van der Waals surface area contributed by atoms with Crippen LogP contribution in [0.15, 0.2) is 24.3 Å². The van der Waals surface area contributed by atoms with Crippen molar-refractivity contribution in [1.82, 2.24) is 5.32 Å². The fourth-order valence-electron chi connectivity index (χ4n) is 2.38. The molecule has 0 saturated heterocycles. The molecule has 0 aromatic heterocycles. The van der Waals surface area contributed by atoms with E-state index in [9.17, 15) is 0 Å². The number of anilines is 1. The van der Waals surface area contributed by atoms with Crippen molar-refractivity contribution < 1.29 is 0 Å². The van der Waals surface area contributed by atoms with Gasteiger partial charge in [0.15, 0.2) is 5.11 Å². The van der Waals surface area contributed by atoms with Crippen LogP contribution in [0.1, 0.15) is 64.4 Å². The number of unbranched alkanes of at least 4 members (excludes halogenated alkanes) is 6. The third-order valence-electron chi connectivity index (χ3n) is 3.62. The zero-order chi connectivity index (χ0) is 15.3. The van der Waals surface area contributed by atoms with Gasteiger partial charge in [-0.3, -0.25) is 0 Å². The molecule has 0 heterocycles. The van der Waals surface area contributed by atoms with Crippen LogP contribution in [0.4, 0.5) is 5.69 Å². The van der Waals surface area contributed by atoms with Gasteiger partial charge in [0, 0.05) is 12.2 Å². The van der Waals surface area contributed by atoms with E-state index in [4.69, 9.17) is 12.2 Å². The summed E-state index contributed by atoms with van der Waals surface area (Å²) in [6, 6.07) is 8.63. The predicted octanol–water partition coefficient (Wildman–Crippen LogP) is 5.29. The first-order chi connectivity index (χ1) is 10.3. The molecule has 1 aromatic carbocycles. The summed E-state index contributed by atoms with van der Waals surface area (Å²) in [7, 11) is 0. The zero-order valence-electron chi connectivity index (χ0n) is 13.6. The highest BCUT2D eigenvalue weighted by Crippen LogP contribution is 2.13. The largest absolute Gasteiger partial charge is 0.363 e. The van der Waals surface area contributed by atoms with E-state index < -0.39 is 0 Å². The Morgan fingerprint density at radius 1 is 0.905 bits per heavy atom. The molecule has 21 heavy (non-hydrogen) atoms. The van der Waals surface area contributed by atoms with Gasteiger partial charge in [-0.15, -0.1) is 0 Å². The number of benzene rings is 1. The molecule has 0 amide bonds. The highest BCUT2D eigenvalue weighted by atomic mass is 32.1. The van der Waals surface area contributed by atoms with Gasteiger partial charge in [0.05, 0.1) is 0 Å². The molecule has 0 radical (unpaired) electrons. The molecular weight excluding hydrogens is 276 g/mol. The van der Waals surface area contributed by atoms with E-state index in [0.29, 0.717) is 5.11 Å². The lowest BCUT2D eigenvalue weighted by atomic mass is 10.0. The predicted molar refractivity (Wildman–Crippen MR) is 98.0 cm³/mol. The fourth-order valence-corrected chi connectivity index (χ4v) is 2.64. The molecule has 0 bridgehead atoms. The monoisotopic (exact) mass is 306 g/mol. The summed E-state index contributed by atoms with van der Waals surface area (Å²) < 4.78 is 0. The van der Waals surface area contributed by atoms with Crippen LogP contribution in [0.25, 0.3) is 0 Å². The van der Waals surface area contributed by atoms with E-state index in [0.717, 1.165) is 12.2 Å². The van der Waals surface area contributed by atoms with Crippen LogP contribution < -0.4 is 10.6 Å². The Kier molecular flexibility index (Phi) is 9.88. The topological polar surface area (TPSA) is 24.1 Å². The number of hydrogen-bond acceptors (Lipinski definition) is 1. The molecule has 0 atom stereocenters. The van der Waals surface area contributed by atoms with E-state index in [2.05, 4.69) is 41.8 Å². The summed E-state index contributed by atoms with van der Waals surface area (Å²) in [4.78, 5) is 0. The minimum absolute atomic E-state index is 0.692. The molecule has 0 unspecified atom stereocenters. The lowest BCUT2D eigenvalue weighted by Crippen LogP contribution is -2.27. The number of thiocarbonyl (C=S) groups is 1. The molecule has 1 rings (SSSR count). The van der Waals surface area contributed by atoms with E-state index in [1.165, 1.54) is 56.9 Å². The Hall–Kier alpha value is -1.09. The van der Waals surface area contributed by atoms with Crippen molar-refractivity contribution in [3.8, 4) is 0 Å². The first kappa shape index (κ1) is 18.0. The summed E-state index contributed by atoms with van der Waals surface area (Å²) in [5, 5.41) is 6.97. The Balaban J connectivity index is 2.17. The number of rotatable bonds is 10. The number of aryl methyl sites for hydroxylation is 1. The van der Waals surface area contributed by atoms with Crippen molar-refractivity contribution >= 4 is 23.0 Å². The quantitative estimate of drug-likeness (QED) is 0.454. The summed E-state index contributed by atoms with van der Waals surface area (Å²) in [6.07, 6.45) is 10.8. The molecule has 2 nitrogen and oxygen atoms in total. The highest BCUT2D eigenvalue weighted by Gasteiger charge is 1.98. The van der Waals surface area contributed by atoms with Gasteiger partial charge in [-0.25, -0.2) is 0 Å². The molecule has 3 heteroatoms.